The molecule has 0 N–H and O–H groups in total. The zero-order valence-corrected chi connectivity index (χ0v) is 15.6. The van der Waals surface area contributed by atoms with Gasteiger partial charge in [0.2, 0.25) is 0 Å². The van der Waals surface area contributed by atoms with Crippen molar-refractivity contribution in [2.75, 3.05) is 31.1 Å². The molecule has 1 aromatic carbocycles. The molecule has 4 rings (SSSR count). The summed E-state index contributed by atoms with van der Waals surface area (Å²) in [7, 11) is 1.99. The second kappa shape index (κ2) is 6.72. The van der Waals surface area contributed by atoms with Gasteiger partial charge in [-0.3, -0.25) is 4.90 Å². The molecule has 0 saturated carbocycles. The molecule has 1 saturated heterocycles. The molecular formula is C18H19BrFN5. The molecule has 0 bridgehead atoms. The van der Waals surface area contributed by atoms with E-state index in [1.165, 1.54) is 0 Å². The van der Waals surface area contributed by atoms with Crippen molar-refractivity contribution in [3.05, 3.63) is 52.6 Å². The van der Waals surface area contributed by atoms with E-state index in [0.29, 0.717) is 11.0 Å². The van der Waals surface area contributed by atoms with E-state index < -0.39 is 0 Å². The minimum atomic E-state index is -0.160. The lowest BCUT2D eigenvalue weighted by Gasteiger charge is -2.35. The first-order valence-electron chi connectivity index (χ1n) is 8.29. The van der Waals surface area contributed by atoms with Crippen molar-refractivity contribution in [2.24, 2.45) is 7.05 Å². The van der Waals surface area contributed by atoms with E-state index >= 15 is 0 Å². The molecule has 0 atom stereocenters. The number of rotatable bonds is 3. The van der Waals surface area contributed by atoms with Gasteiger partial charge in [-0.2, -0.15) is 0 Å². The molecule has 7 heteroatoms. The fourth-order valence-electron chi connectivity index (χ4n) is 3.35. The van der Waals surface area contributed by atoms with Gasteiger partial charge in [-0.25, -0.2) is 14.4 Å². The Balaban J connectivity index is 1.47. The summed E-state index contributed by atoms with van der Waals surface area (Å²) in [5.41, 5.74) is 1.68. The number of hydrogen-bond acceptors (Lipinski definition) is 4. The first-order valence-corrected chi connectivity index (χ1v) is 9.09. The fourth-order valence-corrected chi connectivity index (χ4v) is 3.75. The maximum absolute atomic E-state index is 14.2. The minimum Gasteiger partial charge on any atom is -0.353 e. The number of piperazine rings is 1. The van der Waals surface area contributed by atoms with Crippen LogP contribution in [0.15, 0.2) is 41.3 Å². The summed E-state index contributed by atoms with van der Waals surface area (Å²) in [4.78, 5) is 13.4. The monoisotopic (exact) mass is 403 g/mol. The maximum atomic E-state index is 14.2. The Kier molecular flexibility index (Phi) is 4.43. The van der Waals surface area contributed by atoms with Crippen LogP contribution in [0.3, 0.4) is 0 Å². The highest BCUT2D eigenvalue weighted by molar-refractivity contribution is 9.10. The minimum absolute atomic E-state index is 0.160. The number of benzene rings is 1. The highest BCUT2D eigenvalue weighted by Gasteiger charge is 2.21. The predicted octanol–water partition coefficient (Wildman–Crippen LogP) is 3.19. The third-order valence-corrected chi connectivity index (χ3v) is 5.35. The fraction of sp³-hybridized carbons (Fsp3) is 0.333. The van der Waals surface area contributed by atoms with Gasteiger partial charge < -0.3 is 9.47 Å². The molecule has 1 fully saturated rings. The predicted molar refractivity (Wildman–Crippen MR) is 100 cm³/mol. The van der Waals surface area contributed by atoms with Crippen molar-refractivity contribution < 1.29 is 4.39 Å². The Hall–Kier alpha value is -1.99. The molecule has 25 heavy (non-hydrogen) atoms. The van der Waals surface area contributed by atoms with Crippen LogP contribution in [0.5, 0.6) is 0 Å². The molecule has 0 unspecified atom stereocenters. The van der Waals surface area contributed by atoms with Crippen LogP contribution in [-0.2, 0) is 13.6 Å². The van der Waals surface area contributed by atoms with Crippen molar-refractivity contribution in [1.82, 2.24) is 19.4 Å². The molecule has 130 valence electrons. The largest absolute Gasteiger partial charge is 0.353 e. The van der Waals surface area contributed by atoms with Crippen molar-refractivity contribution in [1.29, 1.82) is 0 Å². The van der Waals surface area contributed by atoms with E-state index in [1.807, 2.05) is 29.9 Å². The molecule has 2 aromatic heterocycles. The number of hydrogen-bond donors (Lipinski definition) is 0. The molecule has 3 heterocycles. The number of anilines is 1. The Morgan fingerprint density at radius 1 is 1.12 bits per heavy atom. The van der Waals surface area contributed by atoms with Crippen LogP contribution in [0.4, 0.5) is 10.2 Å². The molecule has 0 spiro atoms. The Morgan fingerprint density at radius 3 is 2.72 bits per heavy atom. The summed E-state index contributed by atoms with van der Waals surface area (Å²) in [5, 5.41) is 1.08. The zero-order chi connectivity index (χ0) is 17.4. The number of nitrogens with zero attached hydrogens (tertiary/aromatic N) is 5. The summed E-state index contributed by atoms with van der Waals surface area (Å²) < 4.78 is 16.7. The average molecular weight is 404 g/mol. The summed E-state index contributed by atoms with van der Waals surface area (Å²) >= 11 is 3.26. The molecule has 0 amide bonds. The van der Waals surface area contributed by atoms with Gasteiger partial charge in [0.05, 0.1) is 9.86 Å². The molecule has 3 aromatic rings. The summed E-state index contributed by atoms with van der Waals surface area (Å²) in [6.07, 6.45) is 3.63. The van der Waals surface area contributed by atoms with Crippen LogP contribution in [0.2, 0.25) is 0 Å². The molecule has 0 aliphatic carbocycles. The maximum Gasteiger partial charge on any atom is 0.145 e. The number of halogens is 2. The molecule has 5 nitrogen and oxygen atoms in total. The van der Waals surface area contributed by atoms with Gasteiger partial charge in [0.1, 0.15) is 23.6 Å². The normalized spacial score (nSPS) is 15.9. The highest BCUT2D eigenvalue weighted by Crippen LogP contribution is 2.25. The Bertz CT molecular complexity index is 902. The average Bonchev–Trinajstić information content (AvgIpc) is 3.01. The van der Waals surface area contributed by atoms with Gasteiger partial charge in [0.25, 0.3) is 0 Å². The quantitative estimate of drug-likeness (QED) is 0.672. The summed E-state index contributed by atoms with van der Waals surface area (Å²) in [6, 6.07) is 7.53. The van der Waals surface area contributed by atoms with Crippen molar-refractivity contribution in [3.8, 4) is 0 Å². The van der Waals surface area contributed by atoms with Crippen molar-refractivity contribution in [2.45, 2.75) is 6.54 Å². The highest BCUT2D eigenvalue weighted by atomic mass is 79.9. The molecule has 0 radical (unpaired) electrons. The second-order valence-corrected chi connectivity index (χ2v) is 7.19. The molecule has 1 aliphatic heterocycles. The van der Waals surface area contributed by atoms with Gasteiger partial charge in [-0.05, 0) is 28.1 Å². The summed E-state index contributed by atoms with van der Waals surface area (Å²) in [5.74, 6) is 0.825. The van der Waals surface area contributed by atoms with E-state index in [4.69, 9.17) is 0 Å². The third kappa shape index (κ3) is 3.14. The van der Waals surface area contributed by atoms with Gasteiger partial charge in [-0.1, -0.05) is 12.1 Å². The SMILES string of the molecule is Cn1ccc2c(N3CCN(Cc4cccc(Br)c4F)CC3)ncnc21. The zero-order valence-electron chi connectivity index (χ0n) is 14.0. The molecule has 1 aliphatic rings. The van der Waals surface area contributed by atoms with Crippen LogP contribution in [0, 0.1) is 5.82 Å². The van der Waals surface area contributed by atoms with Gasteiger partial charge in [0.15, 0.2) is 0 Å². The van der Waals surface area contributed by atoms with Crippen LogP contribution in [0.25, 0.3) is 11.0 Å². The Morgan fingerprint density at radius 2 is 1.92 bits per heavy atom. The van der Waals surface area contributed by atoms with Gasteiger partial charge in [0, 0.05) is 51.5 Å². The van der Waals surface area contributed by atoms with E-state index in [2.05, 4.69) is 41.8 Å². The van der Waals surface area contributed by atoms with Crippen molar-refractivity contribution in [3.63, 3.8) is 0 Å². The number of fused-ring (bicyclic) bond motifs is 1. The number of aromatic nitrogens is 3. The van der Waals surface area contributed by atoms with Crippen LogP contribution in [0.1, 0.15) is 5.56 Å². The first-order chi connectivity index (χ1) is 12.1. The third-order valence-electron chi connectivity index (χ3n) is 4.74. The lowest BCUT2D eigenvalue weighted by atomic mass is 10.2. The first kappa shape index (κ1) is 16.5. The molecular weight excluding hydrogens is 385 g/mol. The Labute approximate surface area is 154 Å². The van der Waals surface area contributed by atoms with Gasteiger partial charge in [-0.15, -0.1) is 0 Å². The smallest absolute Gasteiger partial charge is 0.145 e. The second-order valence-electron chi connectivity index (χ2n) is 6.34. The van der Waals surface area contributed by atoms with E-state index in [0.717, 1.165) is 48.6 Å². The lowest BCUT2D eigenvalue weighted by molar-refractivity contribution is 0.246. The van der Waals surface area contributed by atoms with E-state index in [9.17, 15) is 4.39 Å². The van der Waals surface area contributed by atoms with Gasteiger partial charge >= 0.3 is 0 Å². The number of aryl methyl sites for hydroxylation is 1. The van der Waals surface area contributed by atoms with E-state index in [1.54, 1.807) is 12.4 Å². The van der Waals surface area contributed by atoms with Crippen molar-refractivity contribution >= 4 is 32.8 Å². The van der Waals surface area contributed by atoms with E-state index in [-0.39, 0.29) is 5.82 Å². The van der Waals surface area contributed by atoms with Crippen LogP contribution >= 0.6 is 15.9 Å². The lowest BCUT2D eigenvalue weighted by Crippen LogP contribution is -2.46. The summed E-state index contributed by atoms with van der Waals surface area (Å²) in [6.45, 7) is 4.13. The standard InChI is InChI=1S/C18H19BrFN5/c1-23-6-5-14-17(23)21-12-22-18(14)25-9-7-24(8-10-25)11-13-3-2-4-15(19)16(13)20/h2-6,12H,7-11H2,1H3. The van der Waals surface area contributed by atoms with Crippen LogP contribution in [-0.4, -0.2) is 45.6 Å². The topological polar surface area (TPSA) is 37.2 Å². The van der Waals surface area contributed by atoms with Crippen LogP contribution < -0.4 is 4.90 Å².